The van der Waals surface area contributed by atoms with E-state index < -0.39 is 0 Å². The van der Waals surface area contributed by atoms with Gasteiger partial charge in [-0.25, -0.2) is 9.07 Å². The van der Waals surface area contributed by atoms with E-state index in [2.05, 4.69) is 33.5 Å². The van der Waals surface area contributed by atoms with Gasteiger partial charge in [0.2, 0.25) is 0 Å². The summed E-state index contributed by atoms with van der Waals surface area (Å²) < 4.78 is 14.9. The summed E-state index contributed by atoms with van der Waals surface area (Å²) in [5.41, 5.74) is 3.27. The van der Waals surface area contributed by atoms with Crippen LogP contribution in [-0.4, -0.2) is 33.7 Å². The number of carbonyl (C=O) groups is 1. The van der Waals surface area contributed by atoms with Crippen LogP contribution in [0.4, 0.5) is 4.39 Å². The molecule has 4 rings (SSSR count). The summed E-state index contributed by atoms with van der Waals surface area (Å²) in [6.07, 6.45) is 6.81. The molecule has 6 heteroatoms. The number of aromatic nitrogens is 2. The monoisotopic (exact) mass is 406 g/mol. The van der Waals surface area contributed by atoms with E-state index >= 15 is 0 Å². The van der Waals surface area contributed by atoms with Gasteiger partial charge in [-0.1, -0.05) is 43.2 Å². The van der Waals surface area contributed by atoms with Crippen LogP contribution in [0.5, 0.6) is 0 Å². The van der Waals surface area contributed by atoms with Gasteiger partial charge in [0.25, 0.3) is 5.91 Å². The van der Waals surface area contributed by atoms with Crippen molar-refractivity contribution in [1.29, 1.82) is 0 Å². The summed E-state index contributed by atoms with van der Waals surface area (Å²) in [7, 11) is 0. The zero-order chi connectivity index (χ0) is 20.8. The first kappa shape index (κ1) is 20.3. The van der Waals surface area contributed by atoms with Crippen LogP contribution in [0.1, 0.15) is 47.3 Å². The lowest BCUT2D eigenvalue weighted by atomic mass is 10.1. The largest absolute Gasteiger partial charge is 0.347 e. The highest BCUT2D eigenvalue weighted by Gasteiger charge is 2.14. The van der Waals surface area contributed by atoms with Crippen molar-refractivity contribution in [2.75, 3.05) is 13.1 Å². The molecule has 5 nitrogen and oxygen atoms in total. The van der Waals surface area contributed by atoms with Crippen LogP contribution in [-0.2, 0) is 13.1 Å². The molecule has 2 heterocycles. The van der Waals surface area contributed by atoms with E-state index in [1.165, 1.54) is 48.1 Å². The molecule has 1 aliphatic rings. The molecule has 30 heavy (non-hydrogen) atoms. The number of nitrogens with one attached hydrogen (secondary N) is 1. The third kappa shape index (κ3) is 5.13. The van der Waals surface area contributed by atoms with E-state index in [4.69, 9.17) is 0 Å². The second-order valence-corrected chi connectivity index (χ2v) is 7.77. The quantitative estimate of drug-likeness (QED) is 0.663. The second-order valence-electron chi connectivity index (χ2n) is 7.77. The molecular weight excluding hydrogens is 379 g/mol. The van der Waals surface area contributed by atoms with Crippen molar-refractivity contribution >= 4 is 5.91 Å². The molecule has 1 fully saturated rings. The Hall–Kier alpha value is -2.99. The molecule has 2 aromatic carbocycles. The molecule has 1 saturated heterocycles. The Bertz CT molecular complexity index is 992. The minimum atomic E-state index is -0.338. The number of nitrogens with zero attached hydrogens (tertiary/aromatic N) is 3. The lowest BCUT2D eigenvalue weighted by molar-refractivity contribution is 0.0945. The minimum Gasteiger partial charge on any atom is -0.347 e. The predicted octanol–water partition coefficient (Wildman–Crippen LogP) is 4.32. The fourth-order valence-electron chi connectivity index (χ4n) is 3.89. The number of halogens is 1. The highest BCUT2D eigenvalue weighted by atomic mass is 19.1. The lowest BCUT2D eigenvalue weighted by Crippen LogP contribution is -2.27. The van der Waals surface area contributed by atoms with E-state index in [1.807, 2.05) is 6.07 Å². The first-order chi connectivity index (χ1) is 14.7. The van der Waals surface area contributed by atoms with Crippen LogP contribution >= 0.6 is 0 Å². The van der Waals surface area contributed by atoms with Gasteiger partial charge in [-0.3, -0.25) is 9.69 Å². The fourth-order valence-corrected chi connectivity index (χ4v) is 3.89. The van der Waals surface area contributed by atoms with Gasteiger partial charge < -0.3 is 5.32 Å². The van der Waals surface area contributed by atoms with Crippen molar-refractivity contribution in [2.45, 2.75) is 38.8 Å². The van der Waals surface area contributed by atoms with E-state index in [0.717, 1.165) is 25.2 Å². The van der Waals surface area contributed by atoms with Crippen LogP contribution in [0.25, 0.3) is 5.69 Å². The van der Waals surface area contributed by atoms with Crippen molar-refractivity contribution < 1.29 is 9.18 Å². The summed E-state index contributed by atoms with van der Waals surface area (Å²) in [6, 6.07) is 16.0. The van der Waals surface area contributed by atoms with Crippen molar-refractivity contribution in [3.8, 4) is 5.69 Å². The first-order valence-corrected chi connectivity index (χ1v) is 10.6. The number of benzene rings is 2. The van der Waals surface area contributed by atoms with Gasteiger partial charge in [-0.2, -0.15) is 5.10 Å². The maximum atomic E-state index is 13.4. The molecule has 0 atom stereocenters. The predicted molar refractivity (Wildman–Crippen MR) is 115 cm³/mol. The topological polar surface area (TPSA) is 50.2 Å². The number of amides is 1. The van der Waals surface area contributed by atoms with Crippen LogP contribution in [0.2, 0.25) is 0 Å². The molecule has 0 bridgehead atoms. The Balaban J connectivity index is 1.39. The van der Waals surface area contributed by atoms with E-state index in [9.17, 15) is 9.18 Å². The number of carbonyl (C=O) groups excluding carboxylic acids is 1. The van der Waals surface area contributed by atoms with Crippen molar-refractivity contribution in [1.82, 2.24) is 20.0 Å². The van der Waals surface area contributed by atoms with Gasteiger partial charge in [0, 0.05) is 19.3 Å². The van der Waals surface area contributed by atoms with Gasteiger partial charge >= 0.3 is 0 Å². The molecule has 0 unspecified atom stereocenters. The molecule has 1 aliphatic heterocycles. The molecule has 1 N–H and O–H groups in total. The second kappa shape index (κ2) is 9.67. The lowest BCUT2D eigenvalue weighted by Gasteiger charge is -2.21. The first-order valence-electron chi connectivity index (χ1n) is 10.6. The number of likely N-dealkylation sites (tertiary alicyclic amines) is 1. The average Bonchev–Trinajstić information content (AvgIpc) is 3.12. The number of rotatable bonds is 6. The highest BCUT2D eigenvalue weighted by Crippen LogP contribution is 2.16. The third-order valence-corrected chi connectivity index (χ3v) is 5.54. The molecular formula is C24H27FN4O. The summed E-state index contributed by atoms with van der Waals surface area (Å²) >= 11 is 0. The van der Waals surface area contributed by atoms with Crippen molar-refractivity contribution in [3.05, 3.63) is 83.4 Å². The zero-order valence-corrected chi connectivity index (χ0v) is 17.1. The van der Waals surface area contributed by atoms with Gasteiger partial charge in [0.05, 0.1) is 5.69 Å². The average molecular weight is 407 g/mol. The van der Waals surface area contributed by atoms with Crippen LogP contribution < -0.4 is 5.32 Å². The van der Waals surface area contributed by atoms with Crippen molar-refractivity contribution in [2.24, 2.45) is 0 Å². The third-order valence-electron chi connectivity index (χ3n) is 5.54. The Morgan fingerprint density at radius 1 is 0.967 bits per heavy atom. The smallest absolute Gasteiger partial charge is 0.272 e. The molecule has 0 spiro atoms. The maximum absolute atomic E-state index is 13.4. The molecule has 1 amide bonds. The van der Waals surface area contributed by atoms with Gasteiger partial charge in [0.1, 0.15) is 5.82 Å². The Labute approximate surface area is 176 Å². The Morgan fingerprint density at radius 3 is 2.50 bits per heavy atom. The number of hydrogen-bond donors (Lipinski definition) is 1. The number of hydrogen-bond acceptors (Lipinski definition) is 3. The zero-order valence-electron chi connectivity index (χ0n) is 17.1. The van der Waals surface area contributed by atoms with Gasteiger partial charge in [-0.05, 0) is 61.3 Å². The van der Waals surface area contributed by atoms with Crippen LogP contribution in [0.15, 0.2) is 60.8 Å². The van der Waals surface area contributed by atoms with E-state index in [1.54, 1.807) is 24.4 Å². The molecule has 1 aromatic heterocycles. The van der Waals surface area contributed by atoms with Gasteiger partial charge in [-0.15, -0.1) is 0 Å². The fraction of sp³-hybridized carbons (Fsp3) is 0.333. The highest BCUT2D eigenvalue weighted by molar-refractivity contribution is 5.92. The molecule has 0 radical (unpaired) electrons. The molecule has 3 aromatic rings. The molecule has 156 valence electrons. The summed E-state index contributed by atoms with van der Waals surface area (Å²) in [5.74, 6) is -0.579. The maximum Gasteiger partial charge on any atom is 0.272 e. The molecule has 0 saturated carbocycles. The molecule has 0 aliphatic carbocycles. The van der Waals surface area contributed by atoms with Crippen LogP contribution in [0.3, 0.4) is 0 Å². The van der Waals surface area contributed by atoms with Crippen LogP contribution in [0, 0.1) is 5.82 Å². The summed E-state index contributed by atoms with van der Waals surface area (Å²) in [5, 5.41) is 7.26. The van der Waals surface area contributed by atoms with E-state index in [-0.39, 0.29) is 11.7 Å². The van der Waals surface area contributed by atoms with Crippen molar-refractivity contribution in [3.63, 3.8) is 0 Å². The Morgan fingerprint density at radius 2 is 1.73 bits per heavy atom. The van der Waals surface area contributed by atoms with Gasteiger partial charge in [0.15, 0.2) is 5.69 Å². The summed E-state index contributed by atoms with van der Waals surface area (Å²) in [4.78, 5) is 15.1. The Kier molecular flexibility index (Phi) is 6.54. The van der Waals surface area contributed by atoms with E-state index in [0.29, 0.717) is 17.9 Å². The minimum absolute atomic E-state index is 0.241. The standard InChI is InChI=1S/C24H27FN4O/c25-21-10-7-11-22(16-21)29-15-12-23(27-29)24(30)26-17-19-8-3-4-9-20(19)18-28-13-5-1-2-6-14-28/h3-4,7-12,15-16H,1-2,5-6,13-14,17-18H2,(H,26,30). The normalized spacial score (nSPS) is 15.0. The summed E-state index contributed by atoms with van der Waals surface area (Å²) in [6.45, 7) is 3.65. The SMILES string of the molecule is O=C(NCc1ccccc1CN1CCCCCC1)c1ccn(-c2cccc(F)c2)n1.